The van der Waals surface area contributed by atoms with Crippen molar-refractivity contribution < 1.29 is 25.5 Å². The summed E-state index contributed by atoms with van der Waals surface area (Å²) in [6, 6.07) is -1.88. The Labute approximate surface area is 403 Å². The van der Waals surface area contributed by atoms with E-state index in [4.69, 9.17) is 29.9 Å². The maximum absolute atomic E-state index is 11.4. The predicted octanol–water partition coefficient (Wildman–Crippen LogP) is -0.620. The molecule has 29 heteroatoms. The van der Waals surface area contributed by atoms with Crippen LogP contribution in [0.15, 0.2) is 37.7 Å². The Morgan fingerprint density at radius 3 is 1.59 bits per heavy atom. The van der Waals surface area contributed by atoms with Crippen molar-refractivity contribution in [2.24, 2.45) is 14.1 Å². The number of aryl methyl sites for hydroxylation is 2. The first-order valence-electron chi connectivity index (χ1n) is 23.8. The van der Waals surface area contributed by atoms with Crippen LogP contribution in [0.25, 0.3) is 22.3 Å². The summed E-state index contributed by atoms with van der Waals surface area (Å²) in [6.07, 6.45) is 13.2. The zero-order valence-corrected chi connectivity index (χ0v) is 39.0. The van der Waals surface area contributed by atoms with Gasteiger partial charge in [0.05, 0.1) is 60.9 Å². The number of hydrogen-bond donors (Lipinski definition) is 9. The first-order valence-corrected chi connectivity index (χ1v) is 23.8. The minimum Gasteiger partial charge on any atom is -0.391 e. The number of aliphatic hydroxyl groups excluding tert-OH is 5. The number of anilines is 4. The Hall–Kier alpha value is -7.34. The van der Waals surface area contributed by atoms with Crippen LogP contribution in [0.4, 0.5) is 23.5 Å². The highest BCUT2D eigenvalue weighted by atomic mass is 16.3. The zero-order valence-electron chi connectivity index (χ0n) is 39.0. The number of tetrazole rings is 2. The van der Waals surface area contributed by atoms with E-state index in [1.54, 1.807) is 29.9 Å². The molecule has 0 spiro atoms. The van der Waals surface area contributed by atoms with Crippen LogP contribution in [0.2, 0.25) is 0 Å². The van der Waals surface area contributed by atoms with Gasteiger partial charge >= 0.3 is 0 Å². The van der Waals surface area contributed by atoms with E-state index in [0.29, 0.717) is 84.6 Å². The second-order valence-corrected chi connectivity index (χ2v) is 18.7. The Balaban J connectivity index is 0.816. The van der Waals surface area contributed by atoms with Crippen molar-refractivity contribution in [2.75, 3.05) is 34.4 Å². The molecule has 0 saturated heterocycles. The normalized spacial score (nSPS) is 24.6. The van der Waals surface area contributed by atoms with Gasteiger partial charge in [0, 0.05) is 64.5 Å². The third-order valence-corrected chi connectivity index (χ3v) is 13.7. The minimum absolute atomic E-state index is 0.0261. The van der Waals surface area contributed by atoms with Crippen molar-refractivity contribution >= 4 is 45.9 Å². The second kappa shape index (κ2) is 19.5. The average molecular weight is 977 g/mol. The summed E-state index contributed by atoms with van der Waals surface area (Å²) >= 11 is 0. The molecule has 8 heterocycles. The fourth-order valence-corrected chi connectivity index (χ4v) is 10.1. The Morgan fingerprint density at radius 2 is 1.08 bits per heavy atom. The molecule has 0 unspecified atom stereocenters. The minimum atomic E-state index is -1.22. The van der Waals surface area contributed by atoms with Crippen LogP contribution in [-0.2, 0) is 40.2 Å². The molecule has 0 aromatic carbocycles. The van der Waals surface area contributed by atoms with E-state index in [-0.39, 0.29) is 48.8 Å². The maximum atomic E-state index is 11.4. The van der Waals surface area contributed by atoms with Crippen LogP contribution in [0, 0.1) is 0 Å². The van der Waals surface area contributed by atoms with Crippen molar-refractivity contribution in [3.63, 3.8) is 0 Å². The summed E-state index contributed by atoms with van der Waals surface area (Å²) in [6.45, 7) is 0.325. The third-order valence-electron chi connectivity index (χ3n) is 13.7. The lowest BCUT2D eigenvalue weighted by atomic mass is 9.91. The highest BCUT2D eigenvalue weighted by Crippen LogP contribution is 2.41. The molecular weight excluding hydrogens is 921 g/mol. The number of aromatic nitrogens is 20. The lowest BCUT2D eigenvalue weighted by Crippen LogP contribution is -2.33. The molecule has 3 aliphatic carbocycles. The molecule has 71 heavy (non-hydrogen) atoms. The van der Waals surface area contributed by atoms with Crippen LogP contribution in [0.5, 0.6) is 0 Å². The molecule has 8 aromatic heterocycles. The standard InChI is InChI=1S/C42H56N24O5/c1-61-14-24(45-18-61)7-9-43-41-51-37(33-39(53-41)63(20-47-33)27-11-26(12-30(27)69)65-57-31(16-67)55-59-65)49-22-3-5-23(6-4-22)50-38-34-40(54-42(52-38)44-10-8-25-15-62(2)19-46-25)64(21-48-34)28-13-29(36(71)35(28)70)66-58-32(17-68)56-60-66/h14-15,18-23,26-30,35-36,67-71H,3-13,16-17H2,1-2H3,(H2,43,49,51,53)(H2,44,50,52,54)/t22?,23?,26-,27+,28+,29-,30+,35-,36+/m0/s1. The van der Waals surface area contributed by atoms with Gasteiger partial charge in [-0.05, 0) is 55.4 Å². The lowest BCUT2D eigenvalue weighted by molar-refractivity contribution is 0.00469. The molecule has 11 rings (SSSR count). The highest BCUT2D eigenvalue weighted by molar-refractivity contribution is 5.85. The van der Waals surface area contributed by atoms with Crippen LogP contribution < -0.4 is 21.3 Å². The summed E-state index contributed by atoms with van der Waals surface area (Å²) < 4.78 is 7.48. The molecule has 3 aliphatic rings. The molecule has 0 radical (unpaired) electrons. The topological polar surface area (TPSA) is 359 Å². The Bertz CT molecular complexity index is 3100. The molecule has 9 N–H and O–H groups in total. The second-order valence-electron chi connectivity index (χ2n) is 18.7. The largest absolute Gasteiger partial charge is 0.391 e. The van der Waals surface area contributed by atoms with Gasteiger partial charge in [-0.25, -0.2) is 19.9 Å². The molecule has 7 atom stereocenters. The van der Waals surface area contributed by atoms with Gasteiger partial charge in [0.15, 0.2) is 45.6 Å². The number of rotatable bonds is 18. The number of fused-ring (bicyclic) bond motifs is 2. The highest BCUT2D eigenvalue weighted by Gasteiger charge is 2.46. The van der Waals surface area contributed by atoms with E-state index in [9.17, 15) is 25.5 Å². The van der Waals surface area contributed by atoms with Gasteiger partial charge in [0.25, 0.3) is 0 Å². The third kappa shape index (κ3) is 9.39. The number of imidazole rings is 4. The molecule has 3 saturated carbocycles. The molecule has 29 nitrogen and oxygen atoms in total. The zero-order chi connectivity index (χ0) is 48.8. The van der Waals surface area contributed by atoms with Crippen LogP contribution in [0.1, 0.15) is 92.1 Å². The molecule has 8 aromatic rings. The quantitative estimate of drug-likeness (QED) is 0.0517. The van der Waals surface area contributed by atoms with Crippen LogP contribution >= 0.6 is 0 Å². The van der Waals surface area contributed by atoms with E-state index in [2.05, 4.69) is 62.1 Å². The van der Waals surface area contributed by atoms with Crippen molar-refractivity contribution in [1.82, 2.24) is 98.6 Å². The maximum Gasteiger partial charge on any atom is 0.226 e. The first kappa shape index (κ1) is 46.1. The summed E-state index contributed by atoms with van der Waals surface area (Å²) in [5.74, 6) is 2.24. The number of nitrogens with one attached hydrogen (secondary N) is 4. The monoisotopic (exact) mass is 976 g/mol. The van der Waals surface area contributed by atoms with Gasteiger partial charge in [-0.1, -0.05) is 0 Å². The summed E-state index contributed by atoms with van der Waals surface area (Å²) in [5.41, 5.74) is 4.00. The first-order chi connectivity index (χ1) is 34.6. The fourth-order valence-electron chi connectivity index (χ4n) is 10.1. The summed E-state index contributed by atoms with van der Waals surface area (Å²) in [4.78, 5) is 40.9. The van der Waals surface area contributed by atoms with E-state index in [0.717, 1.165) is 37.1 Å². The van der Waals surface area contributed by atoms with E-state index < -0.39 is 37.0 Å². The predicted molar refractivity (Wildman–Crippen MR) is 250 cm³/mol. The molecule has 374 valence electrons. The van der Waals surface area contributed by atoms with Gasteiger partial charge < -0.3 is 65.1 Å². The Kier molecular flexibility index (Phi) is 12.6. The van der Waals surface area contributed by atoms with Gasteiger partial charge in [-0.3, -0.25) is 0 Å². The van der Waals surface area contributed by atoms with Gasteiger partial charge in [-0.2, -0.15) is 29.5 Å². The molecule has 0 aliphatic heterocycles. The van der Waals surface area contributed by atoms with Crippen molar-refractivity contribution in [1.29, 1.82) is 0 Å². The van der Waals surface area contributed by atoms with Crippen LogP contribution in [-0.4, -0.2) is 168 Å². The fraction of sp³-hybridized carbons (Fsp3) is 0.571. The van der Waals surface area contributed by atoms with E-state index in [1.807, 2.05) is 40.2 Å². The number of aliphatic hydroxyl groups is 5. The number of hydrogen-bond acceptors (Lipinski definition) is 23. The lowest BCUT2D eigenvalue weighted by Gasteiger charge is -2.30. The van der Waals surface area contributed by atoms with Crippen molar-refractivity contribution in [3.8, 4) is 0 Å². The average Bonchev–Trinajstić information content (AvgIpc) is 4.23. The summed E-state index contributed by atoms with van der Waals surface area (Å²) in [7, 11) is 3.86. The van der Waals surface area contributed by atoms with Gasteiger partial charge in [-0.15, -0.1) is 20.4 Å². The SMILES string of the molecule is Cn1cnc(CCNc2nc(NC3CCC(Nc4nc(NCCc5cn(C)cn5)nc5c4ncn5[C@@H]4C[C@H](n5nnc(CO)n5)C[C@H]4O)CC3)c3ncn([C@@H]4C[C@H](n5nnc(CO)n5)[C@@H](O)[C@H]4O)c3n2)c1. The van der Waals surface area contributed by atoms with Crippen molar-refractivity contribution in [2.45, 2.75) is 126 Å². The van der Waals surface area contributed by atoms with Gasteiger partial charge in [0.1, 0.15) is 31.5 Å². The van der Waals surface area contributed by atoms with Crippen molar-refractivity contribution in [3.05, 3.63) is 60.7 Å². The molecular formula is C42H56N24O5. The van der Waals surface area contributed by atoms with Crippen LogP contribution in [0.3, 0.4) is 0 Å². The smallest absolute Gasteiger partial charge is 0.226 e. The van der Waals surface area contributed by atoms with Gasteiger partial charge in [0.2, 0.25) is 11.9 Å². The number of nitrogens with zero attached hydrogens (tertiary/aromatic N) is 20. The van der Waals surface area contributed by atoms with E-state index in [1.165, 1.54) is 9.59 Å². The van der Waals surface area contributed by atoms with E-state index >= 15 is 0 Å². The molecule has 3 fully saturated rings. The Morgan fingerprint density at radius 1 is 0.577 bits per heavy atom. The molecule has 0 bridgehead atoms. The molecule has 0 amide bonds. The summed E-state index contributed by atoms with van der Waals surface area (Å²) in [5, 5.41) is 91.4.